The third-order valence-corrected chi connectivity index (χ3v) is 5.41. The first kappa shape index (κ1) is 14.1. The van der Waals surface area contributed by atoms with Crippen LogP contribution in [0.1, 0.15) is 5.56 Å². The molecule has 2 heterocycles. The van der Waals surface area contributed by atoms with Gasteiger partial charge in [-0.1, -0.05) is 17.7 Å². The van der Waals surface area contributed by atoms with Crippen molar-refractivity contribution in [1.29, 1.82) is 0 Å². The van der Waals surface area contributed by atoms with E-state index in [1.807, 2.05) is 0 Å². The maximum atomic E-state index is 13.4. The highest BCUT2D eigenvalue weighted by Gasteiger charge is 2.31. The molecule has 1 aliphatic heterocycles. The van der Waals surface area contributed by atoms with Crippen LogP contribution < -0.4 is 10.0 Å². The van der Waals surface area contributed by atoms with Crippen LogP contribution in [-0.4, -0.2) is 19.9 Å². The molecule has 3 rings (SSSR count). The second kappa shape index (κ2) is 4.85. The number of rotatable bonds is 2. The standard InChI is InChI=1S/C13H11ClFN3O2S/c14-11-6-10(7-17-13(11)16)21(19,20)18-4-3-8-1-2-9(15)5-12(8)18/h1-2,5-7H,3-4H2,(H2,16,17). The molecule has 2 N–H and O–H groups in total. The zero-order valence-corrected chi connectivity index (χ0v) is 12.3. The first-order valence-corrected chi connectivity index (χ1v) is 7.93. The molecular weight excluding hydrogens is 317 g/mol. The van der Waals surface area contributed by atoms with Crippen molar-refractivity contribution in [3.63, 3.8) is 0 Å². The summed E-state index contributed by atoms with van der Waals surface area (Å²) in [7, 11) is -3.84. The summed E-state index contributed by atoms with van der Waals surface area (Å²) in [4.78, 5) is 3.69. The highest BCUT2D eigenvalue weighted by molar-refractivity contribution is 7.92. The van der Waals surface area contributed by atoms with Crippen LogP contribution in [0.2, 0.25) is 5.02 Å². The first-order valence-electron chi connectivity index (χ1n) is 6.12. The fourth-order valence-electron chi connectivity index (χ4n) is 2.27. The van der Waals surface area contributed by atoms with Gasteiger partial charge >= 0.3 is 0 Å². The summed E-state index contributed by atoms with van der Waals surface area (Å²) in [6, 6.07) is 5.37. The van der Waals surface area contributed by atoms with Crippen LogP contribution in [0.3, 0.4) is 0 Å². The number of fused-ring (bicyclic) bond motifs is 1. The molecule has 0 spiro atoms. The predicted octanol–water partition coefficient (Wildman–Crippen LogP) is 2.21. The van der Waals surface area contributed by atoms with Crippen molar-refractivity contribution in [2.45, 2.75) is 11.3 Å². The fourth-order valence-corrected chi connectivity index (χ4v) is 3.97. The Hall–Kier alpha value is -1.86. The number of benzene rings is 1. The Labute approximate surface area is 126 Å². The van der Waals surface area contributed by atoms with Crippen LogP contribution in [-0.2, 0) is 16.4 Å². The van der Waals surface area contributed by atoms with Crippen molar-refractivity contribution in [2.75, 3.05) is 16.6 Å². The first-order chi connectivity index (χ1) is 9.89. The van der Waals surface area contributed by atoms with E-state index in [1.165, 1.54) is 18.2 Å². The molecule has 21 heavy (non-hydrogen) atoms. The van der Waals surface area contributed by atoms with Gasteiger partial charge in [0.2, 0.25) is 0 Å². The molecule has 110 valence electrons. The van der Waals surface area contributed by atoms with Gasteiger partial charge in [0, 0.05) is 12.7 Å². The largest absolute Gasteiger partial charge is 0.382 e. The van der Waals surface area contributed by atoms with Gasteiger partial charge in [-0.05, 0) is 30.2 Å². The highest BCUT2D eigenvalue weighted by Crippen LogP contribution is 2.34. The van der Waals surface area contributed by atoms with E-state index in [9.17, 15) is 12.8 Å². The minimum Gasteiger partial charge on any atom is -0.382 e. The summed E-state index contributed by atoms with van der Waals surface area (Å²) in [6.07, 6.45) is 1.68. The van der Waals surface area contributed by atoms with E-state index in [0.717, 1.165) is 16.1 Å². The van der Waals surface area contributed by atoms with Gasteiger partial charge in [-0.25, -0.2) is 17.8 Å². The van der Waals surface area contributed by atoms with Gasteiger partial charge in [-0.3, -0.25) is 4.31 Å². The Morgan fingerprint density at radius 3 is 2.81 bits per heavy atom. The maximum Gasteiger partial charge on any atom is 0.265 e. The van der Waals surface area contributed by atoms with Crippen LogP contribution in [0.5, 0.6) is 0 Å². The van der Waals surface area contributed by atoms with E-state index in [4.69, 9.17) is 17.3 Å². The van der Waals surface area contributed by atoms with Crippen molar-refractivity contribution < 1.29 is 12.8 Å². The van der Waals surface area contributed by atoms with E-state index in [-0.39, 0.29) is 22.3 Å². The molecule has 1 aromatic heterocycles. The lowest BCUT2D eigenvalue weighted by molar-refractivity contribution is 0.591. The van der Waals surface area contributed by atoms with Crippen LogP contribution >= 0.6 is 11.6 Å². The van der Waals surface area contributed by atoms with Gasteiger partial charge in [0.05, 0.1) is 10.7 Å². The minimum atomic E-state index is -3.84. The van der Waals surface area contributed by atoms with Gasteiger partial charge < -0.3 is 5.73 Å². The summed E-state index contributed by atoms with van der Waals surface area (Å²) >= 11 is 5.82. The molecule has 0 amide bonds. The molecule has 0 fully saturated rings. The summed E-state index contributed by atoms with van der Waals surface area (Å²) in [5.41, 5.74) is 6.62. The van der Waals surface area contributed by atoms with Gasteiger partial charge in [-0.15, -0.1) is 0 Å². The van der Waals surface area contributed by atoms with Crippen molar-refractivity contribution in [2.24, 2.45) is 0 Å². The second-order valence-electron chi connectivity index (χ2n) is 4.64. The number of pyridine rings is 1. The van der Waals surface area contributed by atoms with Crippen LogP contribution in [0.25, 0.3) is 0 Å². The van der Waals surface area contributed by atoms with Gasteiger partial charge in [0.25, 0.3) is 10.0 Å². The molecule has 0 bridgehead atoms. The molecule has 0 saturated heterocycles. The van der Waals surface area contributed by atoms with E-state index in [2.05, 4.69) is 4.98 Å². The number of hydrogen-bond acceptors (Lipinski definition) is 4. The molecule has 5 nitrogen and oxygen atoms in total. The number of nitrogens with two attached hydrogens (primary N) is 1. The lowest BCUT2D eigenvalue weighted by Crippen LogP contribution is -2.29. The Kier molecular flexibility index (Phi) is 3.26. The van der Waals surface area contributed by atoms with E-state index < -0.39 is 15.8 Å². The number of anilines is 2. The monoisotopic (exact) mass is 327 g/mol. The predicted molar refractivity (Wildman–Crippen MR) is 78.3 cm³/mol. The molecule has 2 aromatic rings. The molecule has 1 aromatic carbocycles. The SMILES string of the molecule is Nc1ncc(S(=O)(=O)N2CCc3ccc(F)cc32)cc1Cl. The molecule has 0 aliphatic carbocycles. The number of hydrogen-bond donors (Lipinski definition) is 1. The number of halogens is 2. The summed E-state index contributed by atoms with van der Waals surface area (Å²) in [5.74, 6) is -0.423. The lowest BCUT2D eigenvalue weighted by Gasteiger charge is -2.19. The number of aromatic nitrogens is 1. The molecule has 0 unspecified atom stereocenters. The second-order valence-corrected chi connectivity index (χ2v) is 6.91. The van der Waals surface area contributed by atoms with Crippen molar-refractivity contribution in [1.82, 2.24) is 4.98 Å². The number of nitrogen functional groups attached to an aromatic ring is 1. The Morgan fingerprint density at radius 1 is 1.33 bits per heavy atom. The van der Waals surface area contributed by atoms with Gasteiger partial charge in [0.1, 0.15) is 16.5 Å². The minimum absolute atomic E-state index is 0.0588. The summed E-state index contributed by atoms with van der Waals surface area (Å²) in [6.45, 7) is 0.253. The highest BCUT2D eigenvalue weighted by atomic mass is 35.5. The Morgan fingerprint density at radius 2 is 2.10 bits per heavy atom. The number of nitrogens with zero attached hydrogens (tertiary/aromatic N) is 2. The number of sulfonamides is 1. The normalized spacial score (nSPS) is 14.3. The van der Waals surface area contributed by atoms with Crippen LogP contribution in [0, 0.1) is 5.82 Å². The van der Waals surface area contributed by atoms with Gasteiger partial charge in [0.15, 0.2) is 0 Å². The van der Waals surface area contributed by atoms with E-state index >= 15 is 0 Å². The third-order valence-electron chi connectivity index (χ3n) is 3.33. The molecule has 0 saturated carbocycles. The van der Waals surface area contributed by atoms with Crippen molar-refractivity contribution in [3.8, 4) is 0 Å². The van der Waals surface area contributed by atoms with Crippen molar-refractivity contribution >= 4 is 33.1 Å². The topological polar surface area (TPSA) is 76.3 Å². The van der Waals surface area contributed by atoms with Gasteiger partial charge in [-0.2, -0.15) is 0 Å². The smallest absolute Gasteiger partial charge is 0.265 e. The molecule has 0 atom stereocenters. The Balaban J connectivity index is 2.09. The fraction of sp³-hybridized carbons (Fsp3) is 0.154. The van der Waals surface area contributed by atoms with Crippen LogP contribution in [0.4, 0.5) is 15.9 Å². The molecule has 0 radical (unpaired) electrons. The van der Waals surface area contributed by atoms with Crippen molar-refractivity contribution in [3.05, 3.63) is 46.9 Å². The molecular formula is C13H11ClFN3O2S. The van der Waals surface area contributed by atoms with E-state index in [0.29, 0.717) is 12.1 Å². The lowest BCUT2D eigenvalue weighted by atomic mass is 10.2. The van der Waals surface area contributed by atoms with E-state index in [1.54, 1.807) is 6.07 Å². The zero-order chi connectivity index (χ0) is 15.2. The van der Waals surface area contributed by atoms with Crippen LogP contribution in [0.15, 0.2) is 35.4 Å². The summed E-state index contributed by atoms with van der Waals surface area (Å²) in [5, 5.41) is 0.0646. The summed E-state index contributed by atoms with van der Waals surface area (Å²) < 4.78 is 39.8. The maximum absolute atomic E-state index is 13.4. The average Bonchev–Trinajstić information content (AvgIpc) is 2.85. The molecule has 1 aliphatic rings. The average molecular weight is 328 g/mol. The zero-order valence-electron chi connectivity index (χ0n) is 10.8. The molecule has 8 heteroatoms. The third kappa shape index (κ3) is 2.32. The Bertz CT molecular complexity index is 826. The quantitative estimate of drug-likeness (QED) is 0.917.